The van der Waals surface area contributed by atoms with Gasteiger partial charge < -0.3 is 19.1 Å². The molecule has 0 N–H and O–H groups in total. The second kappa shape index (κ2) is 10.1. The van der Waals surface area contributed by atoms with Crippen LogP contribution in [0.3, 0.4) is 0 Å². The van der Waals surface area contributed by atoms with Crippen LogP contribution in [0, 0.1) is 25.6 Å². The summed E-state index contributed by atoms with van der Waals surface area (Å²) in [6.45, 7) is 12.0. The number of nitrogens with zero attached hydrogens (tertiary/aromatic N) is 5. The van der Waals surface area contributed by atoms with E-state index in [2.05, 4.69) is 30.7 Å². The molecule has 6 rings (SSSR count). The number of likely N-dealkylation sites (tertiary alicyclic amines) is 1. The maximum absolute atomic E-state index is 14.3. The van der Waals surface area contributed by atoms with Crippen LogP contribution >= 0.6 is 11.6 Å². The van der Waals surface area contributed by atoms with Gasteiger partial charge in [0.15, 0.2) is 0 Å². The Labute approximate surface area is 249 Å². The zero-order valence-corrected chi connectivity index (χ0v) is 25.3. The number of fused-ring (bicyclic) bond motifs is 2. The van der Waals surface area contributed by atoms with Crippen molar-refractivity contribution in [1.29, 1.82) is 0 Å². The van der Waals surface area contributed by atoms with Gasteiger partial charge in [0.2, 0.25) is 0 Å². The van der Waals surface area contributed by atoms with Gasteiger partial charge in [0.25, 0.3) is 5.91 Å². The Hall–Kier alpha value is -3.98. The van der Waals surface area contributed by atoms with Gasteiger partial charge in [-0.3, -0.25) is 4.79 Å². The summed E-state index contributed by atoms with van der Waals surface area (Å²) in [5.41, 5.74) is 4.19. The number of aryl methyl sites for hydroxylation is 2. The number of hydrogen-bond donors (Lipinski definition) is 0. The zero-order chi connectivity index (χ0) is 30.1. The summed E-state index contributed by atoms with van der Waals surface area (Å²) in [4.78, 5) is 39.5. The number of carbonyl (C=O) groups is 2. The maximum atomic E-state index is 14.3. The smallest absolute Gasteiger partial charge is 0.339 e. The van der Waals surface area contributed by atoms with Gasteiger partial charge in [-0.1, -0.05) is 17.7 Å². The summed E-state index contributed by atoms with van der Waals surface area (Å²) in [7, 11) is 1.37. The summed E-state index contributed by atoms with van der Waals surface area (Å²) >= 11 is 5.93. The van der Waals surface area contributed by atoms with E-state index >= 15 is 0 Å². The zero-order valence-electron chi connectivity index (χ0n) is 24.5. The highest BCUT2D eigenvalue weighted by Crippen LogP contribution is 2.38. The molecule has 10 heteroatoms. The van der Waals surface area contributed by atoms with Crippen molar-refractivity contribution in [1.82, 2.24) is 19.4 Å². The molecule has 8 nitrogen and oxygen atoms in total. The van der Waals surface area contributed by atoms with Crippen molar-refractivity contribution in [2.45, 2.75) is 46.2 Å². The van der Waals surface area contributed by atoms with Crippen LogP contribution in [0.15, 0.2) is 42.6 Å². The topological polar surface area (TPSA) is 80.6 Å². The summed E-state index contributed by atoms with van der Waals surface area (Å²) < 4.78 is 21.3. The van der Waals surface area contributed by atoms with E-state index in [0.717, 1.165) is 28.9 Å². The Morgan fingerprint density at radius 3 is 2.48 bits per heavy atom. The largest absolute Gasteiger partial charge is 0.465 e. The van der Waals surface area contributed by atoms with Crippen molar-refractivity contribution in [3.63, 3.8) is 0 Å². The summed E-state index contributed by atoms with van der Waals surface area (Å²) in [5.74, 6) is 0.154. The monoisotopic (exact) mass is 589 g/mol. The van der Waals surface area contributed by atoms with E-state index in [1.165, 1.54) is 13.2 Å². The van der Waals surface area contributed by atoms with E-state index in [-0.39, 0.29) is 22.5 Å². The predicted molar refractivity (Wildman–Crippen MR) is 161 cm³/mol. The fraction of sp³-hybridized carbons (Fsp3) is 0.375. The lowest BCUT2D eigenvalue weighted by Gasteiger charge is -2.43. The van der Waals surface area contributed by atoms with Crippen LogP contribution in [0.1, 0.15) is 52.9 Å². The molecule has 218 valence electrons. The maximum Gasteiger partial charge on any atom is 0.339 e. The molecule has 1 aromatic carbocycles. The number of benzene rings is 1. The Morgan fingerprint density at radius 2 is 1.81 bits per heavy atom. The van der Waals surface area contributed by atoms with E-state index in [4.69, 9.17) is 21.3 Å². The summed E-state index contributed by atoms with van der Waals surface area (Å²) in [6, 6.07) is 10.4. The van der Waals surface area contributed by atoms with Crippen LogP contribution in [0.25, 0.3) is 22.2 Å². The molecule has 42 heavy (non-hydrogen) atoms. The number of carbonyl (C=O) groups excluding carboxylic acids is 2. The van der Waals surface area contributed by atoms with Gasteiger partial charge in [0.1, 0.15) is 23.0 Å². The van der Waals surface area contributed by atoms with Crippen molar-refractivity contribution < 1.29 is 18.7 Å². The Bertz CT molecular complexity index is 1740. The average molecular weight is 590 g/mol. The molecule has 4 aromatic rings. The van der Waals surface area contributed by atoms with Crippen molar-refractivity contribution in [2.24, 2.45) is 5.92 Å². The first kappa shape index (κ1) is 28.2. The molecular weight excluding hydrogens is 557 g/mol. The Kier molecular flexibility index (Phi) is 6.76. The fourth-order valence-electron chi connectivity index (χ4n) is 6.21. The first-order valence-electron chi connectivity index (χ1n) is 14.0. The number of methoxy groups -OCH3 is 1. The molecule has 0 radical (unpaired) electrons. The lowest BCUT2D eigenvalue weighted by Crippen LogP contribution is -2.58. The molecule has 2 aliphatic rings. The van der Waals surface area contributed by atoms with Crippen molar-refractivity contribution in [3.8, 4) is 11.1 Å². The number of halogens is 2. The van der Waals surface area contributed by atoms with Crippen LogP contribution < -0.4 is 4.90 Å². The first-order chi connectivity index (χ1) is 19.9. The van der Waals surface area contributed by atoms with Crippen LogP contribution in [0.5, 0.6) is 0 Å². The molecule has 0 saturated carbocycles. The number of ether oxygens (including phenoxy) is 1. The fourth-order valence-corrected chi connectivity index (χ4v) is 6.33. The van der Waals surface area contributed by atoms with Gasteiger partial charge in [0.05, 0.1) is 29.4 Å². The van der Waals surface area contributed by atoms with Gasteiger partial charge in [-0.15, -0.1) is 0 Å². The minimum atomic E-state index is -0.483. The number of hydrogen-bond acceptors (Lipinski definition) is 6. The lowest BCUT2D eigenvalue weighted by atomic mass is 9.91. The summed E-state index contributed by atoms with van der Waals surface area (Å²) in [6.07, 6.45) is 1.96. The van der Waals surface area contributed by atoms with E-state index in [0.29, 0.717) is 47.2 Å². The minimum Gasteiger partial charge on any atom is -0.465 e. The number of pyridine rings is 2. The molecule has 5 heterocycles. The summed E-state index contributed by atoms with van der Waals surface area (Å²) in [5, 5.41) is 0.908. The number of amides is 1. The number of esters is 1. The van der Waals surface area contributed by atoms with E-state index in [1.807, 2.05) is 41.6 Å². The SMILES string of the molecule is COC(=O)c1c(C)cc(N2CC3CN(C(=O)c4ccc5c(-c6ccc(Cl)c(F)c6)cn(C(C)(C)C)c5n4)C3C2)nc1C. The quantitative estimate of drug-likeness (QED) is 0.271. The molecule has 0 spiro atoms. The van der Waals surface area contributed by atoms with Gasteiger partial charge in [-0.25, -0.2) is 19.2 Å². The third kappa shape index (κ3) is 4.60. The Morgan fingerprint density at radius 1 is 1.05 bits per heavy atom. The van der Waals surface area contributed by atoms with Crippen LogP contribution in [0.2, 0.25) is 5.02 Å². The van der Waals surface area contributed by atoms with Gasteiger partial charge in [-0.05, 0) is 76.1 Å². The number of aromatic nitrogens is 3. The molecule has 1 amide bonds. The number of anilines is 1. The molecule has 2 unspecified atom stereocenters. The second-order valence-electron chi connectivity index (χ2n) is 12.2. The standard InChI is InChI=1S/C32H33ClFN5O3/c1-17-11-27(35-18(2)28(17)31(41)42-6)37-13-20-14-38(26(20)16-37)30(40)25-10-8-21-22(19-7-9-23(33)24(34)12-19)15-39(29(21)36-25)32(3,4)5/h7-12,15,20,26H,13-14,16H2,1-6H3. The van der Waals surface area contributed by atoms with Gasteiger partial charge >= 0.3 is 5.97 Å². The van der Waals surface area contributed by atoms with Crippen molar-refractivity contribution in [3.05, 3.63) is 75.9 Å². The Balaban J connectivity index is 1.27. The molecule has 2 aliphatic heterocycles. The van der Waals surface area contributed by atoms with E-state index in [1.54, 1.807) is 18.2 Å². The second-order valence-corrected chi connectivity index (χ2v) is 12.6. The normalized spacial score (nSPS) is 18.3. The molecule has 3 aromatic heterocycles. The predicted octanol–water partition coefficient (Wildman–Crippen LogP) is 6.01. The highest BCUT2D eigenvalue weighted by Gasteiger charge is 2.48. The molecule has 2 fully saturated rings. The molecule has 0 aliphatic carbocycles. The highest BCUT2D eigenvalue weighted by molar-refractivity contribution is 6.30. The van der Waals surface area contributed by atoms with Gasteiger partial charge in [0, 0.05) is 48.2 Å². The van der Waals surface area contributed by atoms with Gasteiger partial charge in [-0.2, -0.15) is 0 Å². The highest BCUT2D eigenvalue weighted by atomic mass is 35.5. The molecule has 2 atom stereocenters. The molecule has 0 bridgehead atoms. The van der Waals surface area contributed by atoms with Crippen molar-refractivity contribution >= 4 is 40.3 Å². The van der Waals surface area contributed by atoms with Crippen LogP contribution in [0.4, 0.5) is 10.2 Å². The van der Waals surface area contributed by atoms with E-state index < -0.39 is 11.8 Å². The van der Waals surface area contributed by atoms with E-state index in [9.17, 15) is 14.0 Å². The average Bonchev–Trinajstić information content (AvgIpc) is 3.47. The van der Waals surface area contributed by atoms with Crippen LogP contribution in [-0.2, 0) is 10.3 Å². The number of rotatable bonds is 4. The minimum absolute atomic E-state index is 0.0553. The third-order valence-corrected chi connectivity index (χ3v) is 8.73. The third-order valence-electron chi connectivity index (χ3n) is 8.42. The van der Waals surface area contributed by atoms with Crippen molar-refractivity contribution in [2.75, 3.05) is 31.6 Å². The molecular formula is C32H33ClFN5O3. The first-order valence-corrected chi connectivity index (χ1v) is 14.4. The lowest BCUT2D eigenvalue weighted by molar-refractivity contribution is 0.0322. The molecule has 2 saturated heterocycles. The van der Waals surface area contributed by atoms with Crippen LogP contribution in [-0.4, -0.2) is 64.1 Å².